The molecular weight excluding hydrogens is 624 g/mol. The number of hydrogen-bond donors (Lipinski definition) is 0. The van der Waals surface area contributed by atoms with Gasteiger partial charge in [0.25, 0.3) is 0 Å². The largest absolute Gasteiger partial charge is 0.543 e. The highest BCUT2D eigenvalue weighted by Gasteiger charge is 2.25. The van der Waals surface area contributed by atoms with Crippen LogP contribution >= 0.6 is 0 Å². The first kappa shape index (κ1) is 33.6. The highest BCUT2D eigenvalue weighted by Crippen LogP contribution is 2.30. The molecule has 0 unspecified atom stereocenters. The molecule has 1 saturated carbocycles. The Labute approximate surface area is 275 Å². The second-order valence-electron chi connectivity index (χ2n) is 10.9. The van der Waals surface area contributed by atoms with Crippen molar-refractivity contribution in [3.8, 4) is 22.3 Å². The molecule has 12 heteroatoms. The first-order valence-electron chi connectivity index (χ1n) is 15.2. The van der Waals surface area contributed by atoms with Crippen molar-refractivity contribution in [2.45, 2.75) is 25.7 Å². The minimum atomic E-state index is -1.16. The molecule has 1 aliphatic carbocycles. The zero-order chi connectivity index (χ0) is 33.6. The summed E-state index contributed by atoms with van der Waals surface area (Å²) in [4.78, 5) is 67.0. The SMILES string of the molecule is O=C(OCC1CCC(COC(=O)OOOC(=O)c2ccccc2-c2ccccc2)CC1)OOOC(=O)c1ccccc1-c1ccccc1. The third-order valence-electron chi connectivity index (χ3n) is 7.73. The van der Waals surface area contributed by atoms with Crippen molar-refractivity contribution in [3.63, 3.8) is 0 Å². The van der Waals surface area contributed by atoms with E-state index in [1.807, 2.05) is 60.7 Å². The highest BCUT2D eigenvalue weighted by atomic mass is 17.5. The average Bonchev–Trinajstić information content (AvgIpc) is 3.14. The number of carbonyl (C=O) groups excluding carboxylic acids is 4. The van der Waals surface area contributed by atoms with Gasteiger partial charge in [-0.1, -0.05) is 97.1 Å². The van der Waals surface area contributed by atoms with Crippen molar-refractivity contribution in [1.29, 1.82) is 0 Å². The molecule has 4 aromatic rings. The second kappa shape index (κ2) is 17.3. The Bertz CT molecular complexity index is 1540. The first-order valence-corrected chi connectivity index (χ1v) is 15.2. The molecule has 0 amide bonds. The van der Waals surface area contributed by atoms with E-state index in [1.54, 1.807) is 48.5 Å². The Morgan fingerprint density at radius 3 is 1.21 bits per heavy atom. The Kier molecular flexibility index (Phi) is 12.1. The van der Waals surface area contributed by atoms with Gasteiger partial charge in [-0.2, -0.15) is 0 Å². The number of ether oxygens (including phenoxy) is 2. The minimum Gasteiger partial charge on any atom is -0.432 e. The molecule has 1 aliphatic rings. The Morgan fingerprint density at radius 2 is 0.812 bits per heavy atom. The number of hydrogen-bond acceptors (Lipinski definition) is 12. The van der Waals surface area contributed by atoms with Gasteiger partial charge >= 0.3 is 24.2 Å². The molecule has 0 heterocycles. The monoisotopic (exact) mass is 656 g/mol. The molecule has 0 atom stereocenters. The minimum absolute atomic E-state index is 0.0440. The zero-order valence-corrected chi connectivity index (χ0v) is 25.7. The molecule has 0 N–H and O–H groups in total. The van der Waals surface area contributed by atoms with Gasteiger partial charge in [-0.05, 0) is 71.9 Å². The fourth-order valence-electron chi connectivity index (χ4n) is 5.29. The first-order chi connectivity index (χ1) is 23.5. The highest BCUT2D eigenvalue weighted by molar-refractivity contribution is 5.97. The maximum Gasteiger partial charge on any atom is 0.543 e. The van der Waals surface area contributed by atoms with Gasteiger partial charge in [-0.25, -0.2) is 29.0 Å². The molecule has 12 nitrogen and oxygen atoms in total. The van der Waals surface area contributed by atoms with E-state index in [4.69, 9.17) is 9.47 Å². The van der Waals surface area contributed by atoms with Gasteiger partial charge in [-0.3, -0.25) is 9.78 Å². The van der Waals surface area contributed by atoms with Crippen LogP contribution in [0.5, 0.6) is 0 Å². The van der Waals surface area contributed by atoms with Crippen LogP contribution in [0, 0.1) is 11.8 Å². The lowest BCUT2D eigenvalue weighted by Gasteiger charge is -2.27. The van der Waals surface area contributed by atoms with Crippen molar-refractivity contribution in [1.82, 2.24) is 0 Å². The molecule has 0 spiro atoms. The second-order valence-corrected chi connectivity index (χ2v) is 10.9. The lowest BCUT2D eigenvalue weighted by molar-refractivity contribution is -0.452. The predicted molar refractivity (Wildman–Crippen MR) is 167 cm³/mol. The van der Waals surface area contributed by atoms with Gasteiger partial charge in [0, 0.05) is 0 Å². The van der Waals surface area contributed by atoms with Gasteiger partial charge in [-0.15, -0.1) is 0 Å². The van der Waals surface area contributed by atoms with Crippen LogP contribution in [0.15, 0.2) is 109 Å². The Balaban J connectivity index is 0.934. The van der Waals surface area contributed by atoms with Crippen molar-refractivity contribution in [3.05, 3.63) is 120 Å². The average molecular weight is 657 g/mol. The van der Waals surface area contributed by atoms with Crippen LogP contribution in [0.1, 0.15) is 46.4 Å². The maximum atomic E-state index is 12.5. The quantitative estimate of drug-likeness (QED) is 0.0833. The van der Waals surface area contributed by atoms with Crippen LogP contribution in [0.2, 0.25) is 0 Å². The van der Waals surface area contributed by atoms with E-state index in [9.17, 15) is 19.2 Å². The molecule has 0 aliphatic heterocycles. The van der Waals surface area contributed by atoms with Crippen LogP contribution in [-0.4, -0.2) is 37.5 Å². The van der Waals surface area contributed by atoms with Crippen molar-refractivity contribution >= 4 is 24.2 Å². The summed E-state index contributed by atoms with van der Waals surface area (Å²) in [6, 6.07) is 32.1. The molecule has 1 fully saturated rings. The van der Waals surface area contributed by atoms with Gasteiger partial charge < -0.3 is 9.47 Å². The van der Waals surface area contributed by atoms with Crippen LogP contribution in [0.3, 0.4) is 0 Å². The lowest BCUT2D eigenvalue weighted by atomic mass is 9.83. The van der Waals surface area contributed by atoms with E-state index < -0.39 is 24.2 Å². The van der Waals surface area contributed by atoms with Crippen molar-refractivity contribution in [2.75, 3.05) is 13.2 Å². The summed E-state index contributed by atoms with van der Waals surface area (Å²) in [5.74, 6) is -1.60. The summed E-state index contributed by atoms with van der Waals surface area (Å²) in [6.45, 7) is 0.129. The van der Waals surface area contributed by atoms with Crippen LogP contribution in [0.25, 0.3) is 22.3 Å². The fraction of sp³-hybridized carbons (Fsp3) is 0.222. The van der Waals surface area contributed by atoms with E-state index >= 15 is 0 Å². The summed E-state index contributed by atoms with van der Waals surface area (Å²) in [5, 5.41) is 8.76. The molecule has 4 aromatic carbocycles. The van der Waals surface area contributed by atoms with Gasteiger partial charge in [0.1, 0.15) is 0 Å². The van der Waals surface area contributed by atoms with E-state index in [0.29, 0.717) is 36.8 Å². The number of carbonyl (C=O) groups is 4. The predicted octanol–water partition coefficient (Wildman–Crippen LogP) is 7.84. The van der Waals surface area contributed by atoms with Gasteiger partial charge in [0.2, 0.25) is 0 Å². The van der Waals surface area contributed by atoms with E-state index in [-0.39, 0.29) is 36.2 Å². The van der Waals surface area contributed by atoms with Crippen molar-refractivity contribution in [2.24, 2.45) is 11.8 Å². The molecular formula is C36H32O12. The van der Waals surface area contributed by atoms with E-state index in [1.165, 1.54) is 0 Å². The lowest BCUT2D eigenvalue weighted by Crippen LogP contribution is -2.24. The summed E-state index contributed by atoms with van der Waals surface area (Å²) in [6.07, 6.45) is 0.456. The summed E-state index contributed by atoms with van der Waals surface area (Å²) < 4.78 is 10.2. The Morgan fingerprint density at radius 1 is 0.458 bits per heavy atom. The molecule has 5 rings (SSSR count). The molecule has 248 valence electrons. The fourth-order valence-corrected chi connectivity index (χ4v) is 5.29. The van der Waals surface area contributed by atoms with Crippen molar-refractivity contribution < 1.29 is 58.3 Å². The normalized spacial score (nSPS) is 15.4. The van der Waals surface area contributed by atoms with Crippen LogP contribution in [0.4, 0.5) is 9.59 Å². The third kappa shape index (κ3) is 9.64. The van der Waals surface area contributed by atoms with E-state index in [2.05, 4.69) is 29.6 Å². The smallest absolute Gasteiger partial charge is 0.432 e. The molecule has 48 heavy (non-hydrogen) atoms. The molecule has 0 saturated heterocycles. The topological polar surface area (TPSA) is 142 Å². The zero-order valence-electron chi connectivity index (χ0n) is 25.7. The molecule has 0 aromatic heterocycles. The summed E-state index contributed by atoms with van der Waals surface area (Å²) in [5.41, 5.74) is 3.32. The summed E-state index contributed by atoms with van der Waals surface area (Å²) >= 11 is 0. The Hall–Kier alpha value is -5.72. The van der Waals surface area contributed by atoms with Gasteiger partial charge in [0.05, 0.1) is 34.4 Å². The van der Waals surface area contributed by atoms with Gasteiger partial charge in [0.15, 0.2) is 0 Å². The van der Waals surface area contributed by atoms with Crippen LogP contribution < -0.4 is 0 Å². The molecule has 0 radical (unpaired) electrons. The number of benzene rings is 4. The third-order valence-corrected chi connectivity index (χ3v) is 7.73. The van der Waals surface area contributed by atoms with E-state index in [0.717, 1.165) is 11.1 Å². The maximum absolute atomic E-state index is 12.5. The standard InChI is InChI=1S/C36H32O12/c37-33(31-17-9-7-15-29(31)27-11-3-1-4-12-27)43-47-45-35(39)41-23-25-19-21-26(22-20-25)24-42-36(40)46-48-44-34(38)32-18-10-8-16-30(32)28-13-5-2-6-14-28/h1-18,25-26H,19-24H2. The molecule has 0 bridgehead atoms. The van der Waals surface area contributed by atoms with Crippen LogP contribution in [-0.2, 0) is 39.1 Å². The number of rotatable bonds is 12. The summed E-state index contributed by atoms with van der Waals surface area (Å²) in [7, 11) is 0.